The first-order chi connectivity index (χ1) is 12.2. The summed E-state index contributed by atoms with van der Waals surface area (Å²) in [5.74, 6) is 0.966. The lowest BCUT2D eigenvalue weighted by Crippen LogP contribution is -2.01. The van der Waals surface area contributed by atoms with Gasteiger partial charge in [0, 0.05) is 5.56 Å². The quantitative estimate of drug-likeness (QED) is 0.417. The lowest BCUT2D eigenvalue weighted by atomic mass is 10.1. The van der Waals surface area contributed by atoms with Crippen LogP contribution in [0.5, 0.6) is 11.5 Å². The largest absolute Gasteiger partial charge is 0.493 e. The van der Waals surface area contributed by atoms with Crippen molar-refractivity contribution in [2.75, 3.05) is 20.8 Å². The monoisotopic (exact) mass is 343 g/mol. The summed E-state index contributed by atoms with van der Waals surface area (Å²) in [6.45, 7) is 2.79. The summed E-state index contributed by atoms with van der Waals surface area (Å²) in [5, 5.41) is 3.95. The van der Waals surface area contributed by atoms with E-state index in [1.165, 1.54) is 7.11 Å². The molecule has 0 N–H and O–H groups in total. The second-order valence-corrected chi connectivity index (χ2v) is 5.04. The minimum absolute atomic E-state index is 0.298. The van der Waals surface area contributed by atoms with Gasteiger partial charge in [0.2, 0.25) is 0 Å². The fourth-order valence-corrected chi connectivity index (χ4v) is 2.10. The van der Waals surface area contributed by atoms with Crippen LogP contribution in [-0.4, -0.2) is 33.0 Å². The third kappa shape index (κ3) is 5.24. The van der Waals surface area contributed by atoms with E-state index in [9.17, 15) is 4.79 Å². The first-order valence-corrected chi connectivity index (χ1v) is 7.81. The standard InChI is InChI=1S/C19H21NO5/c1-4-24-17-10-7-15(11-18(17)22-2)12-20-25-13-14-5-8-16(9-6-14)19(21)23-3/h5-12H,4,13H2,1-3H3/b20-12-. The van der Waals surface area contributed by atoms with E-state index < -0.39 is 0 Å². The molecule has 0 aliphatic rings. The molecule has 2 aromatic carbocycles. The summed E-state index contributed by atoms with van der Waals surface area (Å²) in [6.07, 6.45) is 1.60. The number of hydrogen-bond donors (Lipinski definition) is 0. The summed E-state index contributed by atoms with van der Waals surface area (Å²) >= 11 is 0. The van der Waals surface area contributed by atoms with Crippen molar-refractivity contribution in [3.05, 3.63) is 59.2 Å². The highest BCUT2D eigenvalue weighted by atomic mass is 16.6. The predicted octanol–water partition coefficient (Wildman–Crippen LogP) is 3.43. The molecular weight excluding hydrogens is 322 g/mol. The van der Waals surface area contributed by atoms with E-state index in [0.717, 1.165) is 11.1 Å². The molecule has 0 unspecified atom stereocenters. The van der Waals surface area contributed by atoms with Gasteiger partial charge in [-0.2, -0.15) is 0 Å². The third-order valence-electron chi connectivity index (χ3n) is 3.37. The third-order valence-corrected chi connectivity index (χ3v) is 3.37. The van der Waals surface area contributed by atoms with Crippen molar-refractivity contribution in [1.29, 1.82) is 0 Å². The van der Waals surface area contributed by atoms with Crippen LogP contribution < -0.4 is 9.47 Å². The molecule has 2 rings (SSSR count). The van der Waals surface area contributed by atoms with Gasteiger partial charge in [-0.15, -0.1) is 0 Å². The first kappa shape index (κ1) is 18.3. The Morgan fingerprint density at radius 3 is 2.48 bits per heavy atom. The van der Waals surface area contributed by atoms with Crippen molar-refractivity contribution >= 4 is 12.2 Å². The zero-order valence-electron chi connectivity index (χ0n) is 14.5. The van der Waals surface area contributed by atoms with Crippen LogP contribution in [0.3, 0.4) is 0 Å². The SMILES string of the molecule is CCOc1ccc(/C=N\OCc2ccc(C(=O)OC)cc2)cc1OC. The minimum atomic E-state index is -0.366. The average Bonchev–Trinajstić information content (AvgIpc) is 2.66. The molecule has 0 aliphatic carbocycles. The predicted molar refractivity (Wildman–Crippen MR) is 94.3 cm³/mol. The Morgan fingerprint density at radius 2 is 1.84 bits per heavy atom. The fourth-order valence-electron chi connectivity index (χ4n) is 2.10. The van der Waals surface area contributed by atoms with E-state index in [0.29, 0.717) is 30.3 Å². The van der Waals surface area contributed by atoms with Crippen LogP contribution in [0.4, 0.5) is 0 Å². The molecular formula is C19H21NO5. The Balaban J connectivity index is 1.91. The summed E-state index contributed by atoms with van der Waals surface area (Å²) in [7, 11) is 2.94. The molecule has 0 saturated heterocycles. The number of hydrogen-bond acceptors (Lipinski definition) is 6. The molecule has 0 radical (unpaired) electrons. The van der Waals surface area contributed by atoms with Crippen molar-refractivity contribution in [1.82, 2.24) is 0 Å². The zero-order valence-corrected chi connectivity index (χ0v) is 14.5. The van der Waals surface area contributed by atoms with Gasteiger partial charge in [-0.3, -0.25) is 0 Å². The number of methoxy groups -OCH3 is 2. The Hall–Kier alpha value is -3.02. The van der Waals surface area contributed by atoms with Crippen LogP contribution in [0.15, 0.2) is 47.6 Å². The number of nitrogens with zero attached hydrogens (tertiary/aromatic N) is 1. The van der Waals surface area contributed by atoms with Crippen molar-refractivity contribution < 1.29 is 23.8 Å². The lowest BCUT2D eigenvalue weighted by molar-refractivity contribution is 0.0600. The van der Waals surface area contributed by atoms with E-state index in [2.05, 4.69) is 9.89 Å². The molecule has 0 aromatic heterocycles. The van der Waals surface area contributed by atoms with Crippen LogP contribution in [0, 0.1) is 0 Å². The molecule has 6 heteroatoms. The highest BCUT2D eigenvalue weighted by Crippen LogP contribution is 2.27. The second-order valence-electron chi connectivity index (χ2n) is 5.04. The van der Waals surface area contributed by atoms with Crippen LogP contribution in [0.25, 0.3) is 0 Å². The van der Waals surface area contributed by atoms with Crippen LogP contribution in [0.2, 0.25) is 0 Å². The molecule has 0 fully saturated rings. The average molecular weight is 343 g/mol. The number of oxime groups is 1. The maximum Gasteiger partial charge on any atom is 0.337 e. The molecule has 6 nitrogen and oxygen atoms in total. The zero-order chi connectivity index (χ0) is 18.1. The maximum atomic E-state index is 11.4. The number of rotatable bonds is 8. The van der Waals surface area contributed by atoms with Gasteiger partial charge in [0.1, 0.15) is 6.61 Å². The molecule has 0 saturated carbocycles. The van der Waals surface area contributed by atoms with Gasteiger partial charge in [0.15, 0.2) is 11.5 Å². The van der Waals surface area contributed by atoms with E-state index in [-0.39, 0.29) is 5.97 Å². The Bertz CT molecular complexity index is 725. The number of carbonyl (C=O) groups is 1. The smallest absolute Gasteiger partial charge is 0.337 e. The van der Waals surface area contributed by atoms with E-state index >= 15 is 0 Å². The lowest BCUT2D eigenvalue weighted by Gasteiger charge is -2.09. The molecule has 132 valence electrons. The van der Waals surface area contributed by atoms with Gasteiger partial charge < -0.3 is 19.0 Å². The summed E-state index contributed by atoms with van der Waals surface area (Å²) in [4.78, 5) is 16.6. The molecule has 0 amide bonds. The van der Waals surface area contributed by atoms with Crippen LogP contribution >= 0.6 is 0 Å². The molecule has 0 heterocycles. The maximum absolute atomic E-state index is 11.4. The number of esters is 1. The number of carbonyl (C=O) groups excluding carboxylic acids is 1. The molecule has 0 aliphatic heterocycles. The van der Waals surface area contributed by atoms with Crippen molar-refractivity contribution in [2.24, 2.45) is 5.16 Å². The minimum Gasteiger partial charge on any atom is -0.493 e. The Kier molecular flexibility index (Phi) is 6.83. The highest BCUT2D eigenvalue weighted by Gasteiger charge is 2.05. The van der Waals surface area contributed by atoms with Crippen LogP contribution in [0.1, 0.15) is 28.4 Å². The molecule has 0 bridgehead atoms. The normalized spacial score (nSPS) is 10.5. The van der Waals surface area contributed by atoms with Crippen molar-refractivity contribution in [3.8, 4) is 11.5 Å². The molecule has 0 spiro atoms. The first-order valence-electron chi connectivity index (χ1n) is 7.81. The second kappa shape index (κ2) is 9.32. The topological polar surface area (TPSA) is 66.4 Å². The Labute approximate surface area is 147 Å². The van der Waals surface area contributed by atoms with Gasteiger partial charge in [0.25, 0.3) is 0 Å². The van der Waals surface area contributed by atoms with Gasteiger partial charge >= 0.3 is 5.97 Å². The molecule has 2 aromatic rings. The summed E-state index contributed by atoms with van der Waals surface area (Å²) in [5.41, 5.74) is 2.23. The van der Waals surface area contributed by atoms with Crippen LogP contribution in [-0.2, 0) is 16.2 Å². The van der Waals surface area contributed by atoms with Gasteiger partial charge in [-0.1, -0.05) is 17.3 Å². The molecule has 0 atom stereocenters. The fraction of sp³-hybridized carbons (Fsp3) is 0.263. The highest BCUT2D eigenvalue weighted by molar-refractivity contribution is 5.89. The van der Waals surface area contributed by atoms with Gasteiger partial charge in [-0.25, -0.2) is 4.79 Å². The summed E-state index contributed by atoms with van der Waals surface area (Å²) in [6, 6.07) is 12.5. The number of ether oxygens (including phenoxy) is 3. The Morgan fingerprint density at radius 1 is 1.08 bits per heavy atom. The van der Waals surface area contributed by atoms with E-state index in [1.807, 2.05) is 25.1 Å². The van der Waals surface area contributed by atoms with Gasteiger partial charge in [-0.05, 0) is 42.8 Å². The van der Waals surface area contributed by atoms with E-state index in [1.54, 1.807) is 37.6 Å². The summed E-state index contributed by atoms with van der Waals surface area (Å²) < 4.78 is 15.4. The van der Waals surface area contributed by atoms with Crippen molar-refractivity contribution in [3.63, 3.8) is 0 Å². The van der Waals surface area contributed by atoms with Crippen molar-refractivity contribution in [2.45, 2.75) is 13.5 Å². The van der Waals surface area contributed by atoms with Gasteiger partial charge in [0.05, 0.1) is 32.6 Å². The molecule has 25 heavy (non-hydrogen) atoms. The van der Waals surface area contributed by atoms with E-state index in [4.69, 9.17) is 14.3 Å². The number of benzene rings is 2.